The number of benzene rings is 1. The van der Waals surface area contributed by atoms with E-state index in [1.54, 1.807) is 24.3 Å². The van der Waals surface area contributed by atoms with Gasteiger partial charge in [0.05, 0.1) is 0 Å². The molecule has 0 amide bonds. The number of oxazole rings is 1. The third kappa shape index (κ3) is 2.10. The van der Waals surface area contributed by atoms with Crippen LogP contribution in [0.4, 0.5) is 0 Å². The molecule has 0 bridgehead atoms. The number of rotatable bonds is 2. The molecule has 0 aliphatic rings. The van der Waals surface area contributed by atoms with Crippen molar-refractivity contribution in [3.8, 4) is 6.08 Å². The number of hydrogen-bond acceptors (Lipinski definition) is 4. The molecule has 14 heavy (non-hydrogen) atoms. The minimum atomic E-state index is -3.77. The van der Waals surface area contributed by atoms with Gasteiger partial charge in [0.25, 0.3) is 0 Å². The van der Waals surface area contributed by atoms with E-state index in [4.69, 9.17) is 14.2 Å². The first-order valence-corrected chi connectivity index (χ1v) is 6.28. The van der Waals surface area contributed by atoms with E-state index in [9.17, 15) is 0 Å². The molecule has 0 aliphatic heterocycles. The smallest absolute Gasteiger partial charge is 0.401 e. The molecule has 0 aliphatic carbocycles. The van der Waals surface area contributed by atoms with Gasteiger partial charge in [-0.3, -0.25) is 0 Å². The monoisotopic (exact) mass is 231 g/mol. The molecule has 0 atom stereocenters. The van der Waals surface area contributed by atoms with E-state index in [1.165, 1.54) is 0 Å². The van der Waals surface area contributed by atoms with Crippen LogP contribution in [0.15, 0.2) is 28.7 Å². The Kier molecular flexibility index (Phi) is 2.28. The second-order valence-corrected chi connectivity index (χ2v) is 5.12. The van der Waals surface area contributed by atoms with Crippen LogP contribution < -0.4 is 4.52 Å². The molecule has 2 N–H and O–H groups in total. The lowest BCUT2D eigenvalue weighted by molar-refractivity contribution is 0.316. The maximum Gasteiger partial charge on any atom is 0.401 e. The number of para-hydroxylation sites is 2. The fourth-order valence-corrected chi connectivity index (χ4v) is 1.46. The SMILES string of the molecule is OP(O)(=S)Oc1nc2ccccc2o1. The molecule has 0 radical (unpaired) electrons. The standard InChI is InChI=1S/C7H6NO4PS/c9-13(10,14)12-7-8-5-3-1-2-4-6(5)11-7/h1-4H,(H2,9,10,14). The summed E-state index contributed by atoms with van der Waals surface area (Å²) in [5.41, 5.74) is 1.08. The van der Waals surface area contributed by atoms with Gasteiger partial charge in [-0.2, -0.15) is 4.98 Å². The van der Waals surface area contributed by atoms with Crippen molar-refractivity contribution in [2.45, 2.75) is 0 Å². The quantitative estimate of drug-likeness (QED) is 0.761. The second-order valence-electron chi connectivity index (χ2n) is 2.53. The molecule has 2 rings (SSSR count). The molecule has 2 aromatic rings. The van der Waals surface area contributed by atoms with E-state index < -0.39 is 6.72 Å². The molecular weight excluding hydrogens is 225 g/mol. The van der Waals surface area contributed by atoms with Crippen molar-refractivity contribution in [3.05, 3.63) is 24.3 Å². The summed E-state index contributed by atoms with van der Waals surface area (Å²) in [4.78, 5) is 21.6. The first kappa shape index (κ1) is 9.61. The van der Waals surface area contributed by atoms with Crippen LogP contribution in [0.3, 0.4) is 0 Å². The summed E-state index contributed by atoms with van der Waals surface area (Å²) in [6, 6.07) is 6.95. The average molecular weight is 231 g/mol. The highest BCUT2D eigenvalue weighted by Crippen LogP contribution is 2.38. The molecule has 0 saturated carbocycles. The summed E-state index contributed by atoms with van der Waals surface area (Å²) in [6.45, 7) is -3.77. The minimum absolute atomic E-state index is 0.223. The summed E-state index contributed by atoms with van der Waals surface area (Å²) in [6.07, 6.45) is -0.223. The van der Waals surface area contributed by atoms with Gasteiger partial charge in [-0.25, -0.2) is 0 Å². The van der Waals surface area contributed by atoms with Crippen LogP contribution in [0.25, 0.3) is 11.1 Å². The van der Waals surface area contributed by atoms with Crippen molar-refractivity contribution in [3.63, 3.8) is 0 Å². The fourth-order valence-electron chi connectivity index (χ4n) is 0.992. The Hall–Kier alpha value is -0.940. The van der Waals surface area contributed by atoms with E-state index in [-0.39, 0.29) is 6.08 Å². The van der Waals surface area contributed by atoms with Gasteiger partial charge in [-0.15, -0.1) is 0 Å². The topological polar surface area (TPSA) is 75.7 Å². The van der Waals surface area contributed by atoms with Gasteiger partial charge in [0.2, 0.25) is 0 Å². The Balaban J connectivity index is 2.41. The van der Waals surface area contributed by atoms with Crippen LogP contribution in [0.1, 0.15) is 0 Å². The molecule has 1 aromatic carbocycles. The van der Waals surface area contributed by atoms with Crippen molar-refractivity contribution < 1.29 is 18.7 Å². The highest BCUT2D eigenvalue weighted by Gasteiger charge is 2.15. The van der Waals surface area contributed by atoms with Crippen molar-refractivity contribution in [2.24, 2.45) is 0 Å². The van der Waals surface area contributed by atoms with Crippen molar-refractivity contribution in [1.29, 1.82) is 0 Å². The Labute approximate surface area is 84.2 Å². The van der Waals surface area contributed by atoms with Crippen LogP contribution >= 0.6 is 6.72 Å². The molecule has 0 unspecified atom stereocenters. The molecular formula is C7H6NO4PS. The third-order valence-electron chi connectivity index (χ3n) is 1.47. The summed E-state index contributed by atoms with van der Waals surface area (Å²) < 4.78 is 9.60. The number of aromatic nitrogens is 1. The Morgan fingerprint density at radius 2 is 2.07 bits per heavy atom. The summed E-state index contributed by atoms with van der Waals surface area (Å²) in [7, 11) is 0. The third-order valence-corrected chi connectivity index (χ3v) is 2.09. The van der Waals surface area contributed by atoms with E-state index in [2.05, 4.69) is 21.3 Å². The number of fused-ring (bicyclic) bond motifs is 1. The van der Waals surface area contributed by atoms with E-state index in [0.717, 1.165) is 0 Å². The predicted molar refractivity (Wildman–Crippen MR) is 53.4 cm³/mol. The average Bonchev–Trinajstić information content (AvgIpc) is 2.42. The molecule has 5 nitrogen and oxygen atoms in total. The van der Waals surface area contributed by atoms with E-state index in [0.29, 0.717) is 11.1 Å². The summed E-state index contributed by atoms with van der Waals surface area (Å²) in [5.74, 6) is 0. The molecule has 7 heteroatoms. The van der Waals surface area contributed by atoms with Crippen molar-refractivity contribution in [2.75, 3.05) is 0 Å². The van der Waals surface area contributed by atoms with Gasteiger partial charge >= 0.3 is 12.8 Å². The molecule has 1 heterocycles. The van der Waals surface area contributed by atoms with Crippen molar-refractivity contribution in [1.82, 2.24) is 4.98 Å². The normalized spacial score (nSPS) is 11.9. The maximum absolute atomic E-state index is 8.86. The Bertz CT molecular complexity index is 472. The highest BCUT2D eigenvalue weighted by molar-refractivity contribution is 8.06. The van der Waals surface area contributed by atoms with Crippen LogP contribution in [0.2, 0.25) is 0 Å². The molecule has 0 spiro atoms. The first-order chi connectivity index (χ1) is 6.54. The van der Waals surface area contributed by atoms with Gasteiger partial charge in [0.15, 0.2) is 5.58 Å². The molecule has 0 saturated heterocycles. The summed E-state index contributed by atoms with van der Waals surface area (Å²) in [5, 5.41) is 0. The van der Waals surface area contributed by atoms with Crippen molar-refractivity contribution >= 4 is 29.6 Å². The van der Waals surface area contributed by atoms with Crippen LogP contribution in [-0.2, 0) is 11.8 Å². The zero-order valence-electron chi connectivity index (χ0n) is 6.82. The largest absolute Gasteiger partial charge is 0.409 e. The zero-order valence-corrected chi connectivity index (χ0v) is 8.53. The predicted octanol–water partition coefficient (Wildman–Crippen LogP) is 1.42. The lowest BCUT2D eigenvalue weighted by Crippen LogP contribution is -1.88. The van der Waals surface area contributed by atoms with Crippen LogP contribution in [0, 0.1) is 0 Å². The van der Waals surface area contributed by atoms with E-state index >= 15 is 0 Å². The maximum atomic E-state index is 8.86. The Morgan fingerprint density at radius 3 is 2.71 bits per heavy atom. The van der Waals surface area contributed by atoms with Gasteiger partial charge in [-0.1, -0.05) is 12.1 Å². The van der Waals surface area contributed by atoms with Crippen LogP contribution in [0.5, 0.6) is 6.08 Å². The summed E-state index contributed by atoms with van der Waals surface area (Å²) >= 11 is 4.27. The number of nitrogens with zero attached hydrogens (tertiary/aromatic N) is 1. The fraction of sp³-hybridized carbons (Fsp3) is 0. The highest BCUT2D eigenvalue weighted by atomic mass is 32.5. The van der Waals surface area contributed by atoms with Gasteiger partial charge in [-0.05, 0) is 12.1 Å². The lowest BCUT2D eigenvalue weighted by atomic mass is 10.3. The molecule has 1 aromatic heterocycles. The van der Waals surface area contributed by atoms with Gasteiger partial charge in [0.1, 0.15) is 5.52 Å². The molecule has 0 fully saturated rings. The minimum Gasteiger partial charge on any atom is -0.409 e. The molecule has 74 valence electrons. The zero-order chi connectivity index (χ0) is 10.2. The van der Waals surface area contributed by atoms with Crippen LogP contribution in [-0.4, -0.2) is 14.8 Å². The van der Waals surface area contributed by atoms with Gasteiger partial charge in [0, 0.05) is 11.8 Å². The first-order valence-electron chi connectivity index (χ1n) is 3.65. The Morgan fingerprint density at radius 1 is 1.36 bits per heavy atom. The second kappa shape index (κ2) is 3.33. The lowest BCUT2D eigenvalue weighted by Gasteiger charge is -2.03. The van der Waals surface area contributed by atoms with E-state index in [1.807, 2.05) is 0 Å². The van der Waals surface area contributed by atoms with Gasteiger partial charge < -0.3 is 18.7 Å². The number of hydrogen-bond donors (Lipinski definition) is 2.